The first-order valence-corrected chi connectivity index (χ1v) is 7.34. The van der Waals surface area contributed by atoms with E-state index in [4.69, 9.17) is 4.74 Å². The quantitative estimate of drug-likeness (QED) is 0.944. The Balaban J connectivity index is 1.85. The van der Waals surface area contributed by atoms with E-state index in [1.54, 1.807) is 13.1 Å². The molecular weight excluding hydrogens is 283 g/mol. The zero-order chi connectivity index (χ0) is 15.5. The SMILES string of the molecule is CCC(=O)NCC1Cc2cc(F)cc(-c3ccccn3)c2O1. The van der Waals surface area contributed by atoms with Crippen LogP contribution in [0.2, 0.25) is 0 Å². The van der Waals surface area contributed by atoms with Crippen molar-refractivity contribution < 1.29 is 13.9 Å². The molecule has 0 radical (unpaired) electrons. The van der Waals surface area contributed by atoms with E-state index >= 15 is 0 Å². The summed E-state index contributed by atoms with van der Waals surface area (Å²) in [6.07, 6.45) is 2.51. The average molecular weight is 300 g/mol. The molecule has 0 saturated carbocycles. The molecule has 1 amide bonds. The number of halogens is 1. The van der Waals surface area contributed by atoms with Crippen LogP contribution in [0.5, 0.6) is 5.75 Å². The monoisotopic (exact) mass is 300 g/mol. The van der Waals surface area contributed by atoms with Crippen molar-refractivity contribution in [2.45, 2.75) is 25.9 Å². The van der Waals surface area contributed by atoms with Crippen LogP contribution in [0.1, 0.15) is 18.9 Å². The fourth-order valence-electron chi connectivity index (χ4n) is 2.57. The molecule has 1 N–H and O–H groups in total. The highest BCUT2D eigenvalue weighted by Gasteiger charge is 2.27. The maximum Gasteiger partial charge on any atom is 0.219 e. The van der Waals surface area contributed by atoms with Crippen molar-refractivity contribution in [1.29, 1.82) is 0 Å². The van der Waals surface area contributed by atoms with Gasteiger partial charge in [-0.25, -0.2) is 4.39 Å². The van der Waals surface area contributed by atoms with Crippen molar-refractivity contribution in [2.24, 2.45) is 0 Å². The second-order valence-corrected chi connectivity index (χ2v) is 5.26. The van der Waals surface area contributed by atoms with Crippen LogP contribution in [0.3, 0.4) is 0 Å². The van der Waals surface area contributed by atoms with Crippen LogP contribution in [-0.4, -0.2) is 23.5 Å². The standard InChI is InChI=1S/C17H17FN2O2/c1-2-16(21)20-10-13-8-11-7-12(18)9-14(17(11)22-13)15-5-3-4-6-19-15/h3-7,9,13H,2,8,10H2,1H3,(H,20,21). The van der Waals surface area contributed by atoms with Gasteiger partial charge in [0, 0.05) is 30.2 Å². The number of rotatable bonds is 4. The molecule has 1 aromatic carbocycles. The number of carbonyl (C=O) groups is 1. The minimum Gasteiger partial charge on any atom is -0.487 e. The summed E-state index contributed by atoms with van der Waals surface area (Å²) >= 11 is 0. The van der Waals surface area contributed by atoms with Gasteiger partial charge in [-0.15, -0.1) is 0 Å². The minimum absolute atomic E-state index is 0.0179. The van der Waals surface area contributed by atoms with Crippen molar-refractivity contribution >= 4 is 5.91 Å². The smallest absolute Gasteiger partial charge is 0.219 e. The lowest BCUT2D eigenvalue weighted by Crippen LogP contribution is -2.33. The van der Waals surface area contributed by atoms with Crippen LogP contribution in [0.25, 0.3) is 11.3 Å². The third-order valence-electron chi connectivity index (χ3n) is 3.65. The van der Waals surface area contributed by atoms with E-state index in [9.17, 15) is 9.18 Å². The Morgan fingerprint density at radius 3 is 3.05 bits per heavy atom. The summed E-state index contributed by atoms with van der Waals surface area (Å²) in [5.74, 6) is 0.341. The van der Waals surface area contributed by atoms with Crippen molar-refractivity contribution in [1.82, 2.24) is 10.3 Å². The van der Waals surface area contributed by atoms with Gasteiger partial charge in [0.05, 0.1) is 12.2 Å². The largest absolute Gasteiger partial charge is 0.487 e. The first-order chi connectivity index (χ1) is 10.7. The number of ether oxygens (including phenoxy) is 1. The lowest BCUT2D eigenvalue weighted by atomic mass is 10.0. The van der Waals surface area contributed by atoms with Gasteiger partial charge in [-0.2, -0.15) is 0 Å². The first kappa shape index (κ1) is 14.5. The molecule has 2 aromatic rings. The molecule has 0 aliphatic carbocycles. The van der Waals surface area contributed by atoms with Gasteiger partial charge >= 0.3 is 0 Å². The molecule has 1 aliphatic heterocycles. The summed E-state index contributed by atoms with van der Waals surface area (Å²) in [4.78, 5) is 15.6. The van der Waals surface area contributed by atoms with E-state index < -0.39 is 0 Å². The second kappa shape index (κ2) is 6.13. The average Bonchev–Trinajstić information content (AvgIpc) is 2.95. The van der Waals surface area contributed by atoms with E-state index in [2.05, 4.69) is 10.3 Å². The Kier molecular flexibility index (Phi) is 4.04. The molecule has 1 aliphatic rings. The van der Waals surface area contributed by atoms with Gasteiger partial charge in [0.1, 0.15) is 17.7 Å². The number of nitrogens with one attached hydrogen (secondary N) is 1. The van der Waals surface area contributed by atoms with Crippen LogP contribution in [0, 0.1) is 5.82 Å². The predicted octanol–water partition coefficient (Wildman–Crippen LogP) is 2.72. The lowest BCUT2D eigenvalue weighted by molar-refractivity contribution is -0.121. The summed E-state index contributed by atoms with van der Waals surface area (Å²) in [7, 11) is 0. The summed E-state index contributed by atoms with van der Waals surface area (Å²) in [6.45, 7) is 2.22. The highest BCUT2D eigenvalue weighted by molar-refractivity contribution is 5.75. The number of benzene rings is 1. The molecule has 1 atom stereocenters. The normalized spacial score (nSPS) is 16.0. The number of hydrogen-bond donors (Lipinski definition) is 1. The number of hydrogen-bond acceptors (Lipinski definition) is 3. The van der Waals surface area contributed by atoms with Gasteiger partial charge in [0.2, 0.25) is 5.91 Å². The van der Waals surface area contributed by atoms with E-state index in [0.29, 0.717) is 36.4 Å². The van der Waals surface area contributed by atoms with Gasteiger partial charge < -0.3 is 10.1 Å². The fourth-order valence-corrected chi connectivity index (χ4v) is 2.57. The number of aromatic nitrogens is 1. The molecule has 0 bridgehead atoms. The van der Waals surface area contributed by atoms with Crippen LogP contribution in [0.4, 0.5) is 4.39 Å². The van der Waals surface area contributed by atoms with Gasteiger partial charge in [-0.3, -0.25) is 9.78 Å². The first-order valence-electron chi connectivity index (χ1n) is 7.34. The van der Waals surface area contributed by atoms with Gasteiger partial charge in [-0.1, -0.05) is 13.0 Å². The van der Waals surface area contributed by atoms with Crippen molar-refractivity contribution in [3.05, 3.63) is 47.9 Å². The lowest BCUT2D eigenvalue weighted by Gasteiger charge is -2.13. The summed E-state index contributed by atoms with van der Waals surface area (Å²) in [5, 5.41) is 2.81. The number of amides is 1. The Labute approximate surface area is 128 Å². The summed E-state index contributed by atoms with van der Waals surface area (Å²) in [5.41, 5.74) is 2.15. The van der Waals surface area contributed by atoms with Gasteiger partial charge in [0.25, 0.3) is 0 Å². The molecule has 5 heteroatoms. The van der Waals surface area contributed by atoms with Crippen molar-refractivity contribution in [2.75, 3.05) is 6.54 Å². The van der Waals surface area contributed by atoms with E-state index in [1.807, 2.05) is 18.2 Å². The Bertz CT molecular complexity index is 689. The highest BCUT2D eigenvalue weighted by Crippen LogP contribution is 2.38. The fraction of sp³-hybridized carbons (Fsp3) is 0.294. The third-order valence-corrected chi connectivity index (χ3v) is 3.65. The second-order valence-electron chi connectivity index (χ2n) is 5.26. The minimum atomic E-state index is -0.304. The third kappa shape index (κ3) is 2.93. The van der Waals surface area contributed by atoms with E-state index in [1.165, 1.54) is 12.1 Å². The number of fused-ring (bicyclic) bond motifs is 1. The molecule has 1 unspecified atom stereocenters. The predicted molar refractivity (Wildman–Crippen MR) is 81.1 cm³/mol. The maximum atomic E-state index is 13.9. The maximum absolute atomic E-state index is 13.9. The number of nitrogens with zero attached hydrogens (tertiary/aromatic N) is 1. The topological polar surface area (TPSA) is 51.2 Å². The van der Waals surface area contributed by atoms with Gasteiger partial charge in [0.15, 0.2) is 0 Å². The zero-order valence-corrected chi connectivity index (χ0v) is 12.3. The highest BCUT2D eigenvalue weighted by atomic mass is 19.1. The van der Waals surface area contributed by atoms with Crippen LogP contribution in [-0.2, 0) is 11.2 Å². The number of pyridine rings is 1. The van der Waals surface area contributed by atoms with E-state index in [-0.39, 0.29) is 17.8 Å². The number of carbonyl (C=O) groups excluding carboxylic acids is 1. The molecule has 1 aromatic heterocycles. The summed E-state index contributed by atoms with van der Waals surface area (Å²) < 4.78 is 19.8. The van der Waals surface area contributed by atoms with Crippen molar-refractivity contribution in [3.63, 3.8) is 0 Å². The molecule has 22 heavy (non-hydrogen) atoms. The summed E-state index contributed by atoms with van der Waals surface area (Å²) in [6, 6.07) is 8.42. The molecule has 0 saturated heterocycles. The zero-order valence-electron chi connectivity index (χ0n) is 12.3. The van der Waals surface area contributed by atoms with Crippen LogP contribution >= 0.6 is 0 Å². The molecule has 114 valence electrons. The Morgan fingerprint density at radius 1 is 1.45 bits per heavy atom. The van der Waals surface area contributed by atoms with Crippen molar-refractivity contribution in [3.8, 4) is 17.0 Å². The molecule has 3 rings (SSSR count). The van der Waals surface area contributed by atoms with Gasteiger partial charge in [-0.05, 0) is 24.3 Å². The Hall–Kier alpha value is -2.43. The molecular formula is C17H17FN2O2. The van der Waals surface area contributed by atoms with E-state index in [0.717, 1.165) is 5.56 Å². The Morgan fingerprint density at radius 2 is 2.32 bits per heavy atom. The molecule has 0 spiro atoms. The van der Waals surface area contributed by atoms with Crippen LogP contribution in [0.15, 0.2) is 36.5 Å². The van der Waals surface area contributed by atoms with Crippen LogP contribution < -0.4 is 10.1 Å². The molecule has 2 heterocycles. The molecule has 0 fully saturated rings. The molecule has 4 nitrogen and oxygen atoms in total.